The molecule has 0 unspecified atom stereocenters. The van der Waals surface area contributed by atoms with E-state index in [0.717, 1.165) is 0 Å². The molecule has 0 saturated heterocycles. The van der Waals surface area contributed by atoms with Gasteiger partial charge in [0.15, 0.2) is 0 Å². The number of hydrogen-bond acceptors (Lipinski definition) is 6. The monoisotopic (exact) mass is 283 g/mol. The van der Waals surface area contributed by atoms with Crippen LogP contribution >= 0.6 is 11.6 Å². The van der Waals surface area contributed by atoms with Crippen molar-refractivity contribution in [3.05, 3.63) is 34.2 Å². The third kappa shape index (κ3) is 2.65. The summed E-state index contributed by atoms with van der Waals surface area (Å²) in [6, 6.07) is 4.49. The molecule has 0 aliphatic carbocycles. The number of nitrogens with zero attached hydrogens (tertiary/aromatic N) is 3. The quantitative estimate of drug-likeness (QED) is 0.475. The van der Waals surface area contributed by atoms with E-state index in [0.29, 0.717) is 23.8 Å². The average Bonchev–Trinajstić information content (AvgIpc) is 2.86. The van der Waals surface area contributed by atoms with Gasteiger partial charge in [0.2, 0.25) is 11.6 Å². The molecule has 19 heavy (non-hydrogen) atoms. The van der Waals surface area contributed by atoms with Gasteiger partial charge < -0.3 is 9.15 Å². The van der Waals surface area contributed by atoms with E-state index in [-0.39, 0.29) is 17.3 Å². The molecule has 1 aromatic carbocycles. The Morgan fingerprint density at radius 3 is 2.89 bits per heavy atom. The Hall–Kier alpha value is -2.15. The lowest BCUT2D eigenvalue weighted by Gasteiger charge is -2.04. The van der Waals surface area contributed by atoms with Gasteiger partial charge in [0, 0.05) is 18.4 Å². The van der Waals surface area contributed by atoms with Gasteiger partial charge in [-0.2, -0.15) is 0 Å². The molecule has 2 rings (SSSR count). The normalized spacial score (nSPS) is 10.4. The second kappa shape index (κ2) is 5.66. The number of rotatable bonds is 5. The largest absolute Gasteiger partial charge is 0.490 e. The maximum absolute atomic E-state index is 10.9. The number of alkyl halides is 1. The molecule has 2 aromatic rings. The number of nitro benzene ring substituents is 1. The zero-order valence-corrected chi connectivity index (χ0v) is 10.8. The maximum atomic E-state index is 10.9. The molecule has 0 fully saturated rings. The van der Waals surface area contributed by atoms with Crippen LogP contribution in [0.25, 0.3) is 11.5 Å². The first-order chi connectivity index (χ1) is 9.17. The number of benzene rings is 1. The summed E-state index contributed by atoms with van der Waals surface area (Å²) >= 11 is 5.57. The van der Waals surface area contributed by atoms with E-state index < -0.39 is 4.92 Å². The molecule has 0 radical (unpaired) electrons. The smallest absolute Gasteiger partial charge is 0.311 e. The van der Waals surface area contributed by atoms with Gasteiger partial charge in [-0.15, -0.1) is 21.8 Å². The number of nitro groups is 1. The van der Waals surface area contributed by atoms with Gasteiger partial charge in [-0.1, -0.05) is 6.07 Å². The first-order valence-electron chi connectivity index (χ1n) is 5.37. The van der Waals surface area contributed by atoms with Crippen molar-refractivity contribution in [2.45, 2.75) is 6.42 Å². The van der Waals surface area contributed by atoms with Gasteiger partial charge in [-0.3, -0.25) is 10.1 Å². The summed E-state index contributed by atoms with van der Waals surface area (Å²) in [5.74, 6) is 0.987. The van der Waals surface area contributed by atoms with Crippen LogP contribution in [0.1, 0.15) is 5.89 Å². The van der Waals surface area contributed by atoms with E-state index in [1.165, 1.54) is 19.2 Å². The molecule has 7 nitrogen and oxygen atoms in total. The van der Waals surface area contributed by atoms with Crippen LogP contribution in [0.15, 0.2) is 22.6 Å². The van der Waals surface area contributed by atoms with Crippen molar-refractivity contribution >= 4 is 17.3 Å². The minimum atomic E-state index is -0.529. The molecule has 100 valence electrons. The lowest BCUT2D eigenvalue weighted by Crippen LogP contribution is -1.95. The molecule has 0 atom stereocenters. The lowest BCUT2D eigenvalue weighted by atomic mass is 10.1. The summed E-state index contributed by atoms with van der Waals surface area (Å²) in [6.07, 6.45) is 0.436. The molecule has 8 heteroatoms. The van der Waals surface area contributed by atoms with Crippen LogP contribution in [-0.2, 0) is 6.42 Å². The Morgan fingerprint density at radius 2 is 2.26 bits per heavy atom. The Labute approximate surface area is 113 Å². The van der Waals surface area contributed by atoms with Crippen LogP contribution in [0, 0.1) is 10.1 Å². The second-order valence-electron chi connectivity index (χ2n) is 3.55. The number of halogens is 1. The molecule has 0 aliphatic rings. The average molecular weight is 284 g/mol. The Kier molecular flexibility index (Phi) is 3.96. The minimum absolute atomic E-state index is 0.0913. The molecule has 0 bridgehead atoms. The van der Waals surface area contributed by atoms with E-state index in [1.807, 2.05) is 0 Å². The molecule has 0 saturated carbocycles. The summed E-state index contributed by atoms with van der Waals surface area (Å²) in [4.78, 5) is 10.4. The Balaban J connectivity index is 2.48. The van der Waals surface area contributed by atoms with Crippen molar-refractivity contribution in [3.8, 4) is 17.2 Å². The molecule has 0 aliphatic heterocycles. The first-order valence-corrected chi connectivity index (χ1v) is 5.91. The number of ether oxygens (including phenoxy) is 1. The van der Waals surface area contributed by atoms with Crippen molar-refractivity contribution in [1.82, 2.24) is 10.2 Å². The number of aromatic nitrogens is 2. The topological polar surface area (TPSA) is 91.3 Å². The number of methoxy groups -OCH3 is 1. The highest BCUT2D eigenvalue weighted by Crippen LogP contribution is 2.36. The van der Waals surface area contributed by atoms with Crippen LogP contribution in [-0.4, -0.2) is 28.1 Å². The maximum Gasteiger partial charge on any atom is 0.311 e. The lowest BCUT2D eigenvalue weighted by molar-refractivity contribution is -0.385. The fourth-order valence-electron chi connectivity index (χ4n) is 1.60. The van der Waals surface area contributed by atoms with Crippen molar-refractivity contribution in [1.29, 1.82) is 0 Å². The van der Waals surface area contributed by atoms with Crippen molar-refractivity contribution in [2.24, 2.45) is 0 Å². The van der Waals surface area contributed by atoms with Crippen molar-refractivity contribution < 1.29 is 14.1 Å². The van der Waals surface area contributed by atoms with Crippen LogP contribution < -0.4 is 4.74 Å². The summed E-state index contributed by atoms with van der Waals surface area (Å²) in [7, 11) is 1.35. The second-order valence-corrected chi connectivity index (χ2v) is 3.93. The van der Waals surface area contributed by atoms with Crippen LogP contribution in [0.2, 0.25) is 0 Å². The van der Waals surface area contributed by atoms with Crippen LogP contribution in [0.5, 0.6) is 5.75 Å². The van der Waals surface area contributed by atoms with Crippen molar-refractivity contribution in [2.75, 3.05) is 13.0 Å². The van der Waals surface area contributed by atoms with E-state index in [1.54, 1.807) is 6.07 Å². The third-order valence-electron chi connectivity index (χ3n) is 2.40. The van der Waals surface area contributed by atoms with Gasteiger partial charge in [0.25, 0.3) is 5.89 Å². The zero-order valence-electron chi connectivity index (χ0n) is 10.00. The minimum Gasteiger partial charge on any atom is -0.490 e. The molecule has 1 heterocycles. The molecule has 1 aromatic heterocycles. The highest BCUT2D eigenvalue weighted by Gasteiger charge is 2.22. The molecule has 0 amide bonds. The van der Waals surface area contributed by atoms with Gasteiger partial charge in [0.1, 0.15) is 0 Å². The van der Waals surface area contributed by atoms with Crippen molar-refractivity contribution in [3.63, 3.8) is 0 Å². The fraction of sp³-hybridized carbons (Fsp3) is 0.273. The van der Waals surface area contributed by atoms with Gasteiger partial charge in [-0.25, -0.2) is 0 Å². The predicted octanol–water partition coefficient (Wildman–Crippen LogP) is 2.43. The number of hydrogen-bond donors (Lipinski definition) is 0. The predicted molar refractivity (Wildman–Crippen MR) is 67.4 cm³/mol. The van der Waals surface area contributed by atoms with Gasteiger partial charge >= 0.3 is 5.69 Å². The summed E-state index contributed by atoms with van der Waals surface area (Å²) in [5.41, 5.74) is 0.224. The van der Waals surface area contributed by atoms with E-state index in [2.05, 4.69) is 10.2 Å². The highest BCUT2D eigenvalue weighted by molar-refractivity contribution is 6.17. The standard InChI is InChI=1S/C11H10ClN3O4/c1-18-10-7(3-2-4-8(10)15(16)17)11-14-13-9(19-11)5-6-12/h2-4H,5-6H2,1H3. The Morgan fingerprint density at radius 1 is 1.47 bits per heavy atom. The molecule has 0 spiro atoms. The SMILES string of the molecule is COc1c(-c2nnc(CCCl)o2)cccc1[N+](=O)[O-]. The highest BCUT2D eigenvalue weighted by atomic mass is 35.5. The summed E-state index contributed by atoms with van der Waals surface area (Å²) < 4.78 is 10.4. The van der Waals surface area contributed by atoms with E-state index >= 15 is 0 Å². The molecular weight excluding hydrogens is 274 g/mol. The third-order valence-corrected chi connectivity index (χ3v) is 2.59. The number of para-hydroxylation sites is 1. The molecule has 0 N–H and O–H groups in total. The first kappa shape index (κ1) is 13.3. The van der Waals surface area contributed by atoms with Gasteiger partial charge in [0.05, 0.1) is 17.6 Å². The summed E-state index contributed by atoms with van der Waals surface area (Å²) in [5, 5.41) is 18.6. The summed E-state index contributed by atoms with van der Waals surface area (Å²) in [6.45, 7) is 0. The van der Waals surface area contributed by atoms with Crippen LogP contribution in [0.3, 0.4) is 0 Å². The zero-order chi connectivity index (χ0) is 13.8. The fourth-order valence-corrected chi connectivity index (χ4v) is 1.76. The van der Waals surface area contributed by atoms with Gasteiger partial charge in [-0.05, 0) is 6.07 Å². The van der Waals surface area contributed by atoms with Crippen LogP contribution in [0.4, 0.5) is 5.69 Å². The molecular formula is C11H10ClN3O4. The van der Waals surface area contributed by atoms with E-state index in [4.69, 9.17) is 20.8 Å². The Bertz CT molecular complexity index is 599. The van der Waals surface area contributed by atoms with E-state index in [9.17, 15) is 10.1 Å². The number of aryl methyl sites for hydroxylation is 1.